The maximum atomic E-state index is 5.53. The van der Waals surface area contributed by atoms with Crippen LogP contribution in [0.2, 0.25) is 0 Å². The van der Waals surface area contributed by atoms with Crippen molar-refractivity contribution in [1.29, 1.82) is 0 Å². The highest BCUT2D eigenvalue weighted by Crippen LogP contribution is 2.28. The van der Waals surface area contributed by atoms with Crippen molar-refractivity contribution in [2.75, 3.05) is 25.1 Å². The first-order valence-corrected chi connectivity index (χ1v) is 6.24. The molecule has 2 rings (SSSR count). The van der Waals surface area contributed by atoms with E-state index in [0.717, 1.165) is 31.4 Å². The van der Waals surface area contributed by atoms with Crippen molar-refractivity contribution in [3.05, 3.63) is 24.0 Å². The minimum absolute atomic E-state index is 0.318. The van der Waals surface area contributed by atoms with Crippen LogP contribution in [0.3, 0.4) is 0 Å². The zero-order valence-electron chi connectivity index (χ0n) is 9.69. The third-order valence-electron chi connectivity index (χ3n) is 2.64. The van der Waals surface area contributed by atoms with Gasteiger partial charge in [-0.15, -0.1) is 0 Å². The second kappa shape index (κ2) is 5.93. The van der Waals surface area contributed by atoms with E-state index in [-0.39, 0.29) is 0 Å². The van der Waals surface area contributed by atoms with Crippen LogP contribution < -0.4 is 11.1 Å². The van der Waals surface area contributed by atoms with Crippen molar-refractivity contribution in [3.8, 4) is 0 Å². The van der Waals surface area contributed by atoms with Gasteiger partial charge in [0.25, 0.3) is 0 Å². The van der Waals surface area contributed by atoms with E-state index in [4.69, 9.17) is 22.7 Å². The Morgan fingerprint density at radius 2 is 2.41 bits per heavy atom. The third-order valence-corrected chi connectivity index (χ3v) is 2.85. The van der Waals surface area contributed by atoms with Gasteiger partial charge in [0, 0.05) is 25.0 Å². The lowest BCUT2D eigenvalue weighted by atomic mass is 10.3. The van der Waals surface area contributed by atoms with E-state index in [0.29, 0.717) is 10.7 Å². The molecule has 0 bridgehead atoms. The summed E-state index contributed by atoms with van der Waals surface area (Å²) in [6.45, 7) is 2.41. The van der Waals surface area contributed by atoms with E-state index in [1.165, 1.54) is 12.8 Å². The van der Waals surface area contributed by atoms with E-state index in [2.05, 4.69) is 10.3 Å². The van der Waals surface area contributed by atoms with E-state index in [1.807, 2.05) is 12.1 Å². The summed E-state index contributed by atoms with van der Waals surface area (Å²) >= 11 is 4.87. The van der Waals surface area contributed by atoms with Gasteiger partial charge in [0.1, 0.15) is 4.99 Å². The molecule has 4 nitrogen and oxygen atoms in total. The van der Waals surface area contributed by atoms with E-state index < -0.39 is 0 Å². The summed E-state index contributed by atoms with van der Waals surface area (Å²) in [5, 5.41) is 3.25. The number of pyridine rings is 1. The van der Waals surface area contributed by atoms with Crippen molar-refractivity contribution >= 4 is 22.9 Å². The number of hydrogen-bond acceptors (Lipinski definition) is 4. The fraction of sp³-hybridized carbons (Fsp3) is 0.500. The third kappa shape index (κ3) is 4.28. The number of hydrogen-bond donors (Lipinski definition) is 2. The van der Waals surface area contributed by atoms with Gasteiger partial charge >= 0.3 is 0 Å². The standard InChI is InChI=1S/C12H17N3OS/c13-12(17)11-7-10(3-4-15-11)14-5-6-16-8-9-1-2-9/h3-4,7,9H,1-2,5-6,8H2,(H2,13,17)(H,14,15). The Labute approximate surface area is 107 Å². The molecule has 92 valence electrons. The average Bonchev–Trinajstić information content (AvgIpc) is 3.13. The maximum Gasteiger partial charge on any atom is 0.122 e. The lowest BCUT2D eigenvalue weighted by molar-refractivity contribution is 0.134. The van der Waals surface area contributed by atoms with E-state index in [9.17, 15) is 0 Å². The second-order valence-electron chi connectivity index (χ2n) is 4.24. The molecule has 17 heavy (non-hydrogen) atoms. The van der Waals surface area contributed by atoms with Crippen LogP contribution in [0.25, 0.3) is 0 Å². The largest absolute Gasteiger partial charge is 0.388 e. The molecule has 0 aromatic carbocycles. The Balaban J connectivity index is 1.70. The summed E-state index contributed by atoms with van der Waals surface area (Å²) in [6, 6.07) is 3.74. The van der Waals surface area contributed by atoms with Gasteiger partial charge in [0.05, 0.1) is 12.3 Å². The van der Waals surface area contributed by atoms with Crippen LogP contribution in [-0.4, -0.2) is 29.7 Å². The molecule has 1 aromatic rings. The van der Waals surface area contributed by atoms with E-state index >= 15 is 0 Å². The van der Waals surface area contributed by atoms with Gasteiger partial charge in [-0.1, -0.05) is 12.2 Å². The van der Waals surface area contributed by atoms with Gasteiger partial charge in [-0.3, -0.25) is 4.98 Å². The Morgan fingerprint density at radius 1 is 1.59 bits per heavy atom. The van der Waals surface area contributed by atoms with Crippen LogP contribution in [-0.2, 0) is 4.74 Å². The summed E-state index contributed by atoms with van der Waals surface area (Å²) in [4.78, 5) is 4.40. The molecule has 5 heteroatoms. The number of rotatable bonds is 7. The van der Waals surface area contributed by atoms with Crippen LogP contribution >= 0.6 is 12.2 Å². The smallest absolute Gasteiger partial charge is 0.122 e. The molecule has 0 saturated heterocycles. The van der Waals surface area contributed by atoms with Crippen molar-refractivity contribution in [3.63, 3.8) is 0 Å². The second-order valence-corrected chi connectivity index (χ2v) is 4.68. The molecule has 0 amide bonds. The lowest BCUT2D eigenvalue weighted by Crippen LogP contribution is -2.14. The molecule has 0 aliphatic heterocycles. The van der Waals surface area contributed by atoms with Crippen molar-refractivity contribution < 1.29 is 4.74 Å². The Morgan fingerprint density at radius 3 is 3.12 bits per heavy atom. The number of nitrogens with one attached hydrogen (secondary N) is 1. The van der Waals surface area contributed by atoms with Gasteiger partial charge < -0.3 is 15.8 Å². The van der Waals surface area contributed by atoms with Crippen LogP contribution in [0.4, 0.5) is 5.69 Å². The first kappa shape index (κ1) is 12.3. The molecule has 0 radical (unpaired) electrons. The summed E-state index contributed by atoms with van der Waals surface area (Å²) in [5.41, 5.74) is 7.13. The quantitative estimate of drug-likeness (QED) is 0.569. The highest BCUT2D eigenvalue weighted by atomic mass is 32.1. The molecular weight excluding hydrogens is 234 g/mol. The van der Waals surface area contributed by atoms with Gasteiger partial charge in [0.15, 0.2) is 0 Å². The molecule has 1 aliphatic rings. The molecule has 0 atom stereocenters. The van der Waals surface area contributed by atoms with Gasteiger partial charge in [-0.05, 0) is 30.9 Å². The molecule has 1 aliphatic carbocycles. The van der Waals surface area contributed by atoms with Gasteiger partial charge in [0.2, 0.25) is 0 Å². The molecule has 1 fully saturated rings. The zero-order valence-corrected chi connectivity index (χ0v) is 10.5. The number of aromatic nitrogens is 1. The summed E-state index contributed by atoms with van der Waals surface area (Å²) in [5.74, 6) is 0.817. The Bertz CT molecular complexity index is 393. The number of thiocarbonyl (C=S) groups is 1. The van der Waals surface area contributed by atoms with Crippen molar-refractivity contribution in [2.24, 2.45) is 11.7 Å². The van der Waals surface area contributed by atoms with Crippen molar-refractivity contribution in [1.82, 2.24) is 4.98 Å². The predicted octanol–water partition coefficient (Wildman–Crippen LogP) is 1.55. The fourth-order valence-electron chi connectivity index (χ4n) is 1.48. The first-order chi connectivity index (χ1) is 8.25. The monoisotopic (exact) mass is 251 g/mol. The predicted molar refractivity (Wildman–Crippen MR) is 72.2 cm³/mol. The van der Waals surface area contributed by atoms with E-state index in [1.54, 1.807) is 6.20 Å². The first-order valence-electron chi connectivity index (χ1n) is 5.83. The normalized spacial score (nSPS) is 14.6. The highest BCUT2D eigenvalue weighted by Gasteiger charge is 2.20. The van der Waals surface area contributed by atoms with Crippen LogP contribution in [0, 0.1) is 5.92 Å². The summed E-state index contributed by atoms with van der Waals surface area (Å²) in [6.07, 6.45) is 4.35. The SMILES string of the molecule is NC(=S)c1cc(NCCOCC2CC2)ccn1. The molecule has 1 saturated carbocycles. The average molecular weight is 251 g/mol. The fourth-order valence-corrected chi connectivity index (χ4v) is 1.59. The minimum atomic E-state index is 0.318. The number of ether oxygens (including phenoxy) is 1. The minimum Gasteiger partial charge on any atom is -0.388 e. The van der Waals surface area contributed by atoms with Crippen LogP contribution in [0.1, 0.15) is 18.5 Å². The lowest BCUT2D eigenvalue weighted by Gasteiger charge is -2.07. The number of anilines is 1. The summed E-state index contributed by atoms with van der Waals surface area (Å²) < 4.78 is 5.53. The number of nitrogens with two attached hydrogens (primary N) is 1. The molecule has 3 N–H and O–H groups in total. The molecule has 1 aromatic heterocycles. The topological polar surface area (TPSA) is 60.2 Å². The number of nitrogens with zero attached hydrogens (tertiary/aromatic N) is 1. The Kier molecular flexibility index (Phi) is 4.28. The highest BCUT2D eigenvalue weighted by molar-refractivity contribution is 7.80. The summed E-state index contributed by atoms with van der Waals surface area (Å²) in [7, 11) is 0. The van der Waals surface area contributed by atoms with Crippen LogP contribution in [0.15, 0.2) is 18.3 Å². The molecular formula is C12H17N3OS. The van der Waals surface area contributed by atoms with Gasteiger partial charge in [-0.25, -0.2) is 0 Å². The van der Waals surface area contributed by atoms with Crippen molar-refractivity contribution in [2.45, 2.75) is 12.8 Å². The van der Waals surface area contributed by atoms with Gasteiger partial charge in [-0.2, -0.15) is 0 Å². The zero-order chi connectivity index (χ0) is 12.1. The molecule has 1 heterocycles. The maximum absolute atomic E-state index is 5.53. The molecule has 0 spiro atoms. The molecule has 0 unspecified atom stereocenters. The Hall–Kier alpha value is -1.20. The van der Waals surface area contributed by atoms with Crippen LogP contribution in [0.5, 0.6) is 0 Å².